The van der Waals surface area contributed by atoms with Crippen molar-refractivity contribution < 1.29 is 4.79 Å². The molecule has 2 rings (SSSR count). The second-order valence-corrected chi connectivity index (χ2v) is 5.74. The number of carbonyl (C=O) groups is 1. The van der Waals surface area contributed by atoms with Gasteiger partial charge in [0.1, 0.15) is 5.78 Å². The summed E-state index contributed by atoms with van der Waals surface area (Å²) in [6.45, 7) is 6.30. The molecule has 0 N–H and O–H groups in total. The van der Waals surface area contributed by atoms with E-state index < -0.39 is 0 Å². The van der Waals surface area contributed by atoms with Crippen LogP contribution < -0.4 is 0 Å². The summed E-state index contributed by atoms with van der Waals surface area (Å²) < 4.78 is 0. The summed E-state index contributed by atoms with van der Waals surface area (Å²) in [5, 5.41) is 0. The maximum atomic E-state index is 13.0. The fourth-order valence-electron chi connectivity index (χ4n) is 3.03. The molecule has 1 heteroatoms. The molecular weight excluding hydrogens is 256 g/mol. The Hall–Kier alpha value is -1.89. The van der Waals surface area contributed by atoms with E-state index in [0.717, 1.165) is 24.0 Å². The molecule has 0 saturated heterocycles. The average Bonchev–Trinajstić information content (AvgIpc) is 2.52. The summed E-state index contributed by atoms with van der Waals surface area (Å²) in [6.07, 6.45) is 2.20. The van der Waals surface area contributed by atoms with Gasteiger partial charge in [0, 0.05) is 6.42 Å². The molecule has 110 valence electrons. The molecule has 0 radical (unpaired) electrons. The number of hydrogen-bond acceptors (Lipinski definition) is 1. The highest BCUT2D eigenvalue weighted by Gasteiger charge is 2.35. The van der Waals surface area contributed by atoms with E-state index in [1.54, 1.807) is 0 Å². The van der Waals surface area contributed by atoms with Gasteiger partial charge < -0.3 is 0 Å². The highest BCUT2D eigenvalue weighted by atomic mass is 16.1. The van der Waals surface area contributed by atoms with Crippen molar-refractivity contribution in [2.45, 2.75) is 45.4 Å². The predicted molar refractivity (Wildman–Crippen MR) is 88.6 cm³/mol. The van der Waals surface area contributed by atoms with Crippen LogP contribution in [0.2, 0.25) is 0 Å². The largest absolute Gasteiger partial charge is 0.298 e. The van der Waals surface area contributed by atoms with Gasteiger partial charge in [0.25, 0.3) is 0 Å². The fourth-order valence-corrected chi connectivity index (χ4v) is 3.03. The second kappa shape index (κ2) is 6.71. The number of ketones is 1. The summed E-state index contributed by atoms with van der Waals surface area (Å²) in [4.78, 5) is 13.0. The molecule has 0 aliphatic carbocycles. The van der Waals surface area contributed by atoms with E-state index in [4.69, 9.17) is 0 Å². The van der Waals surface area contributed by atoms with Crippen LogP contribution in [-0.2, 0) is 16.6 Å². The topological polar surface area (TPSA) is 17.1 Å². The van der Waals surface area contributed by atoms with Crippen LogP contribution in [0.5, 0.6) is 0 Å². The van der Waals surface area contributed by atoms with Crippen LogP contribution >= 0.6 is 0 Å². The van der Waals surface area contributed by atoms with Crippen molar-refractivity contribution in [2.24, 2.45) is 0 Å². The van der Waals surface area contributed by atoms with Crippen molar-refractivity contribution in [3.8, 4) is 0 Å². The highest BCUT2D eigenvalue weighted by Crippen LogP contribution is 2.33. The molecule has 1 nitrogen and oxygen atoms in total. The summed E-state index contributed by atoms with van der Waals surface area (Å²) >= 11 is 0. The van der Waals surface area contributed by atoms with Gasteiger partial charge in [-0.3, -0.25) is 4.79 Å². The minimum Gasteiger partial charge on any atom is -0.298 e. The van der Waals surface area contributed by atoms with Crippen LogP contribution in [0.15, 0.2) is 54.6 Å². The number of rotatable bonds is 6. The van der Waals surface area contributed by atoms with Crippen LogP contribution in [0, 0.1) is 6.92 Å². The van der Waals surface area contributed by atoms with Crippen LogP contribution in [0.25, 0.3) is 0 Å². The highest BCUT2D eigenvalue weighted by molar-refractivity contribution is 5.91. The van der Waals surface area contributed by atoms with Crippen molar-refractivity contribution in [1.29, 1.82) is 0 Å². The second-order valence-electron chi connectivity index (χ2n) is 5.74. The molecule has 0 spiro atoms. The zero-order valence-electron chi connectivity index (χ0n) is 13.2. The van der Waals surface area contributed by atoms with Gasteiger partial charge in [-0.2, -0.15) is 0 Å². The Kier molecular flexibility index (Phi) is 4.95. The van der Waals surface area contributed by atoms with Crippen LogP contribution in [0.1, 0.15) is 43.4 Å². The van der Waals surface area contributed by atoms with Crippen molar-refractivity contribution in [2.75, 3.05) is 0 Å². The molecule has 0 saturated carbocycles. The predicted octanol–water partition coefficient (Wildman–Crippen LogP) is 4.86. The Morgan fingerprint density at radius 2 is 1.48 bits per heavy atom. The lowest BCUT2D eigenvalue weighted by atomic mass is 9.71. The van der Waals surface area contributed by atoms with Gasteiger partial charge in [-0.05, 0) is 30.9 Å². The molecule has 0 amide bonds. The maximum Gasteiger partial charge on any atom is 0.147 e. The number of benzene rings is 2. The molecule has 0 unspecified atom stereocenters. The monoisotopic (exact) mass is 280 g/mol. The van der Waals surface area contributed by atoms with E-state index in [1.165, 1.54) is 5.56 Å². The van der Waals surface area contributed by atoms with E-state index in [0.29, 0.717) is 12.2 Å². The van der Waals surface area contributed by atoms with Gasteiger partial charge in [-0.1, -0.05) is 74.0 Å². The summed E-state index contributed by atoms with van der Waals surface area (Å²) in [6, 6.07) is 18.5. The normalized spacial score (nSPS) is 11.4. The lowest BCUT2D eigenvalue weighted by Gasteiger charge is -2.31. The average molecular weight is 280 g/mol. The Morgan fingerprint density at radius 1 is 0.905 bits per heavy atom. The molecule has 2 aromatic rings. The van der Waals surface area contributed by atoms with Crippen molar-refractivity contribution in [1.82, 2.24) is 0 Å². The Morgan fingerprint density at radius 3 is 2.00 bits per heavy atom. The number of carbonyl (C=O) groups excluding carboxylic acids is 1. The van der Waals surface area contributed by atoms with Crippen molar-refractivity contribution >= 4 is 5.78 Å². The summed E-state index contributed by atoms with van der Waals surface area (Å²) in [5.41, 5.74) is 3.12. The van der Waals surface area contributed by atoms with Gasteiger partial charge in [0.05, 0.1) is 5.41 Å². The minimum absolute atomic E-state index is 0.322. The molecule has 0 fully saturated rings. The minimum atomic E-state index is -0.355. The number of aryl methyl sites for hydroxylation is 1. The third-order valence-corrected chi connectivity index (χ3v) is 4.55. The first-order chi connectivity index (χ1) is 10.1. The molecule has 21 heavy (non-hydrogen) atoms. The smallest absolute Gasteiger partial charge is 0.147 e. The fraction of sp³-hybridized carbons (Fsp3) is 0.350. The van der Waals surface area contributed by atoms with Crippen LogP contribution in [0.4, 0.5) is 0 Å². The molecule has 0 aromatic heterocycles. The van der Waals surface area contributed by atoms with Crippen LogP contribution in [-0.4, -0.2) is 5.78 Å². The molecule has 0 aliphatic heterocycles. The number of hydrogen-bond donors (Lipinski definition) is 0. The van der Waals surface area contributed by atoms with Crippen molar-refractivity contribution in [3.05, 3.63) is 71.3 Å². The van der Waals surface area contributed by atoms with E-state index in [2.05, 4.69) is 57.2 Å². The molecule has 0 heterocycles. The van der Waals surface area contributed by atoms with Gasteiger partial charge in [-0.25, -0.2) is 0 Å². The molecule has 0 bridgehead atoms. The SMILES string of the molecule is CCC(CC)(C(=O)Cc1ccc(C)cc1)c1ccccc1. The Bertz CT molecular complexity index is 577. The summed E-state index contributed by atoms with van der Waals surface area (Å²) in [5.74, 6) is 0.322. The summed E-state index contributed by atoms with van der Waals surface area (Å²) in [7, 11) is 0. The molecule has 2 aromatic carbocycles. The third kappa shape index (κ3) is 3.24. The van der Waals surface area contributed by atoms with E-state index in [1.807, 2.05) is 18.2 Å². The van der Waals surface area contributed by atoms with Gasteiger partial charge in [0.2, 0.25) is 0 Å². The van der Waals surface area contributed by atoms with Gasteiger partial charge in [0.15, 0.2) is 0 Å². The Balaban J connectivity index is 2.30. The first kappa shape index (κ1) is 15.5. The first-order valence-corrected chi connectivity index (χ1v) is 7.76. The zero-order valence-corrected chi connectivity index (χ0v) is 13.2. The van der Waals surface area contributed by atoms with E-state index in [9.17, 15) is 4.79 Å². The van der Waals surface area contributed by atoms with Gasteiger partial charge in [-0.15, -0.1) is 0 Å². The lowest BCUT2D eigenvalue weighted by molar-refractivity contribution is -0.124. The van der Waals surface area contributed by atoms with Gasteiger partial charge >= 0.3 is 0 Å². The van der Waals surface area contributed by atoms with E-state index in [-0.39, 0.29) is 5.41 Å². The van der Waals surface area contributed by atoms with Crippen molar-refractivity contribution in [3.63, 3.8) is 0 Å². The van der Waals surface area contributed by atoms with E-state index >= 15 is 0 Å². The molecule has 0 atom stereocenters. The first-order valence-electron chi connectivity index (χ1n) is 7.76. The molecule has 0 aliphatic rings. The quantitative estimate of drug-likeness (QED) is 0.738. The van der Waals surface area contributed by atoms with Crippen LogP contribution in [0.3, 0.4) is 0 Å². The third-order valence-electron chi connectivity index (χ3n) is 4.55. The zero-order chi connectivity index (χ0) is 15.3. The number of Topliss-reactive ketones (excluding diaryl/α,β-unsaturated/α-hetero) is 1. The standard InChI is InChI=1S/C20H24O/c1-4-20(5-2,18-9-7-6-8-10-18)19(21)15-17-13-11-16(3)12-14-17/h6-14H,4-5,15H2,1-3H3. The maximum absolute atomic E-state index is 13.0. The Labute approximate surface area is 128 Å². The lowest BCUT2D eigenvalue weighted by Crippen LogP contribution is -2.36. The molecular formula is C20H24O.